The summed E-state index contributed by atoms with van der Waals surface area (Å²) in [5, 5.41) is 8.76. The first-order valence-corrected chi connectivity index (χ1v) is 7.23. The average Bonchev–Trinajstić information content (AvgIpc) is 2.27. The third kappa shape index (κ3) is 4.46. The first kappa shape index (κ1) is 15.9. The Morgan fingerprint density at radius 2 is 2.00 bits per heavy atom. The predicted molar refractivity (Wildman–Crippen MR) is 81.1 cm³/mol. The van der Waals surface area contributed by atoms with Crippen molar-refractivity contribution >= 4 is 21.7 Å². The quantitative estimate of drug-likeness (QED) is 0.793. The van der Waals surface area contributed by atoms with E-state index in [0.29, 0.717) is 19.0 Å². The normalized spacial score (nSPS) is 11.5. The molecule has 1 heterocycles. The molecule has 0 amide bonds. The number of nitriles is 1. The number of anilines is 1. The Morgan fingerprint density at radius 3 is 2.47 bits per heavy atom. The SMILES string of the molecule is CC(C)N(CCC#N)c1cc(Br)nc(C(C)(C)C)n1. The van der Waals surface area contributed by atoms with Crippen LogP contribution in [0.1, 0.15) is 46.9 Å². The number of nitrogens with zero attached hydrogens (tertiary/aromatic N) is 4. The molecule has 0 unspecified atom stereocenters. The van der Waals surface area contributed by atoms with E-state index >= 15 is 0 Å². The van der Waals surface area contributed by atoms with Crippen LogP contribution < -0.4 is 4.90 Å². The topological polar surface area (TPSA) is 52.8 Å². The van der Waals surface area contributed by atoms with Gasteiger partial charge in [-0.15, -0.1) is 0 Å². The van der Waals surface area contributed by atoms with Gasteiger partial charge in [0.15, 0.2) is 0 Å². The fourth-order valence-electron chi connectivity index (χ4n) is 1.70. The van der Waals surface area contributed by atoms with Crippen LogP contribution in [0.15, 0.2) is 10.7 Å². The molecule has 0 N–H and O–H groups in total. The maximum atomic E-state index is 8.76. The lowest BCUT2D eigenvalue weighted by Crippen LogP contribution is -2.33. The van der Waals surface area contributed by atoms with Crippen LogP contribution in [0.25, 0.3) is 0 Å². The molecule has 0 saturated carbocycles. The molecule has 4 nitrogen and oxygen atoms in total. The van der Waals surface area contributed by atoms with Crippen molar-refractivity contribution in [1.29, 1.82) is 5.26 Å². The van der Waals surface area contributed by atoms with Gasteiger partial charge in [-0.2, -0.15) is 5.26 Å². The van der Waals surface area contributed by atoms with Gasteiger partial charge in [-0.3, -0.25) is 0 Å². The van der Waals surface area contributed by atoms with Crippen LogP contribution in [0.3, 0.4) is 0 Å². The second kappa shape index (κ2) is 6.33. The smallest absolute Gasteiger partial charge is 0.137 e. The molecular weight excluding hydrogens is 304 g/mol. The lowest BCUT2D eigenvalue weighted by atomic mass is 9.96. The van der Waals surface area contributed by atoms with Crippen molar-refractivity contribution in [2.45, 2.75) is 52.5 Å². The Hall–Kier alpha value is -1.15. The van der Waals surface area contributed by atoms with Crippen molar-refractivity contribution in [1.82, 2.24) is 9.97 Å². The molecule has 0 aliphatic carbocycles. The summed E-state index contributed by atoms with van der Waals surface area (Å²) in [4.78, 5) is 11.2. The maximum absolute atomic E-state index is 8.76. The molecular formula is C14H21BrN4. The van der Waals surface area contributed by atoms with Gasteiger partial charge in [-0.1, -0.05) is 20.8 Å². The molecule has 0 aromatic carbocycles. The van der Waals surface area contributed by atoms with Crippen molar-refractivity contribution in [2.75, 3.05) is 11.4 Å². The molecule has 1 rings (SSSR count). The van der Waals surface area contributed by atoms with Crippen LogP contribution in [0.5, 0.6) is 0 Å². The second-order valence-electron chi connectivity index (χ2n) is 5.82. The van der Waals surface area contributed by atoms with Gasteiger partial charge in [0.2, 0.25) is 0 Å². The molecule has 104 valence electrons. The Bertz CT molecular complexity index is 471. The summed E-state index contributed by atoms with van der Waals surface area (Å²) < 4.78 is 0.782. The summed E-state index contributed by atoms with van der Waals surface area (Å²) in [6.45, 7) is 11.2. The molecule has 0 fully saturated rings. The van der Waals surface area contributed by atoms with Crippen molar-refractivity contribution in [2.24, 2.45) is 0 Å². The standard InChI is InChI=1S/C14H21BrN4/c1-10(2)19(8-6-7-16)12-9-11(15)17-13(18-12)14(3,4)5/h9-10H,6,8H2,1-5H3. The highest BCUT2D eigenvalue weighted by Crippen LogP contribution is 2.25. The van der Waals surface area contributed by atoms with Crippen molar-refractivity contribution in [3.63, 3.8) is 0 Å². The zero-order valence-corrected chi connectivity index (χ0v) is 13.8. The fraction of sp³-hybridized carbons (Fsp3) is 0.643. The van der Waals surface area contributed by atoms with Gasteiger partial charge in [0.1, 0.15) is 16.2 Å². The molecule has 0 radical (unpaired) electrons. The van der Waals surface area contributed by atoms with Crippen molar-refractivity contribution in [3.8, 4) is 6.07 Å². The highest BCUT2D eigenvalue weighted by molar-refractivity contribution is 9.10. The molecule has 0 bridgehead atoms. The first-order chi connectivity index (χ1) is 8.75. The van der Waals surface area contributed by atoms with Crippen molar-refractivity contribution in [3.05, 3.63) is 16.5 Å². The van der Waals surface area contributed by atoms with E-state index in [1.54, 1.807) is 0 Å². The number of halogens is 1. The summed E-state index contributed by atoms with van der Waals surface area (Å²) >= 11 is 3.45. The lowest BCUT2D eigenvalue weighted by Gasteiger charge is -2.28. The highest BCUT2D eigenvalue weighted by atomic mass is 79.9. The summed E-state index contributed by atoms with van der Waals surface area (Å²) in [6, 6.07) is 4.39. The van der Waals surface area contributed by atoms with E-state index in [2.05, 4.69) is 71.5 Å². The Labute approximate surface area is 124 Å². The van der Waals surface area contributed by atoms with Crippen LogP contribution in [-0.2, 0) is 5.41 Å². The Balaban J connectivity index is 3.17. The van der Waals surface area contributed by atoms with Crippen LogP contribution in [0, 0.1) is 11.3 Å². The Morgan fingerprint density at radius 1 is 1.37 bits per heavy atom. The van der Waals surface area contributed by atoms with Crippen molar-refractivity contribution < 1.29 is 0 Å². The van der Waals surface area contributed by atoms with E-state index in [1.165, 1.54) is 0 Å². The van der Waals surface area contributed by atoms with Crippen LogP contribution in [0.2, 0.25) is 0 Å². The monoisotopic (exact) mass is 324 g/mol. The zero-order chi connectivity index (χ0) is 14.6. The van der Waals surface area contributed by atoms with E-state index in [4.69, 9.17) is 5.26 Å². The lowest BCUT2D eigenvalue weighted by molar-refractivity contribution is 0.540. The molecule has 19 heavy (non-hydrogen) atoms. The third-order valence-electron chi connectivity index (χ3n) is 2.73. The largest absolute Gasteiger partial charge is 0.353 e. The van der Waals surface area contributed by atoms with Gasteiger partial charge in [0.25, 0.3) is 0 Å². The Kier molecular flexibility index (Phi) is 5.30. The molecule has 0 aliphatic rings. The summed E-state index contributed by atoms with van der Waals surface area (Å²) in [6.07, 6.45) is 0.491. The molecule has 0 spiro atoms. The molecule has 1 aromatic rings. The minimum Gasteiger partial charge on any atom is -0.353 e. The summed E-state index contributed by atoms with van der Waals surface area (Å²) in [7, 11) is 0. The minimum atomic E-state index is -0.101. The number of hydrogen-bond donors (Lipinski definition) is 0. The zero-order valence-electron chi connectivity index (χ0n) is 12.2. The van der Waals surface area contributed by atoms with Gasteiger partial charge in [-0.25, -0.2) is 9.97 Å². The fourth-order valence-corrected chi connectivity index (χ4v) is 2.07. The molecule has 5 heteroatoms. The second-order valence-corrected chi connectivity index (χ2v) is 6.63. The van der Waals surface area contributed by atoms with E-state index in [-0.39, 0.29) is 5.41 Å². The number of hydrogen-bond acceptors (Lipinski definition) is 4. The van der Waals surface area contributed by atoms with Gasteiger partial charge >= 0.3 is 0 Å². The minimum absolute atomic E-state index is 0.101. The average molecular weight is 325 g/mol. The van der Waals surface area contributed by atoms with Gasteiger partial charge in [0.05, 0.1) is 12.5 Å². The van der Waals surface area contributed by atoms with Crippen LogP contribution >= 0.6 is 15.9 Å². The van der Waals surface area contributed by atoms with Crippen LogP contribution in [-0.4, -0.2) is 22.6 Å². The summed E-state index contributed by atoms with van der Waals surface area (Å²) in [5.74, 6) is 1.68. The van der Waals surface area contributed by atoms with E-state index < -0.39 is 0 Å². The number of rotatable bonds is 4. The van der Waals surface area contributed by atoms with Gasteiger partial charge < -0.3 is 4.90 Å². The van der Waals surface area contributed by atoms with E-state index in [1.807, 2.05) is 6.07 Å². The van der Waals surface area contributed by atoms with Gasteiger partial charge in [0, 0.05) is 24.1 Å². The molecule has 0 aliphatic heterocycles. The highest BCUT2D eigenvalue weighted by Gasteiger charge is 2.21. The van der Waals surface area contributed by atoms with Gasteiger partial charge in [-0.05, 0) is 29.8 Å². The molecule has 0 atom stereocenters. The maximum Gasteiger partial charge on any atom is 0.137 e. The van der Waals surface area contributed by atoms with E-state index in [0.717, 1.165) is 16.2 Å². The third-order valence-corrected chi connectivity index (χ3v) is 3.14. The molecule has 0 saturated heterocycles. The predicted octanol–water partition coefficient (Wildman–Crippen LogP) is 3.67. The van der Waals surface area contributed by atoms with E-state index in [9.17, 15) is 0 Å². The molecule has 1 aromatic heterocycles. The number of aromatic nitrogens is 2. The summed E-state index contributed by atoms with van der Waals surface area (Å²) in [5.41, 5.74) is -0.101. The van der Waals surface area contributed by atoms with Crippen LogP contribution in [0.4, 0.5) is 5.82 Å². The first-order valence-electron chi connectivity index (χ1n) is 6.44.